The van der Waals surface area contributed by atoms with Gasteiger partial charge in [-0.3, -0.25) is 4.79 Å². The maximum absolute atomic E-state index is 11.9. The summed E-state index contributed by atoms with van der Waals surface area (Å²) < 4.78 is 26.0. The lowest BCUT2D eigenvalue weighted by Gasteiger charge is -2.18. The van der Waals surface area contributed by atoms with Gasteiger partial charge < -0.3 is 15.5 Å². The van der Waals surface area contributed by atoms with Crippen molar-refractivity contribution in [3.63, 3.8) is 0 Å². The van der Waals surface area contributed by atoms with E-state index < -0.39 is 34.0 Å². The number of amides is 1. The second-order valence-corrected chi connectivity index (χ2v) is 6.69. The van der Waals surface area contributed by atoms with Gasteiger partial charge in [0.2, 0.25) is 10.0 Å². The summed E-state index contributed by atoms with van der Waals surface area (Å²) in [6.45, 7) is 4.05. The van der Waals surface area contributed by atoms with E-state index in [9.17, 15) is 23.1 Å². The molecular weight excluding hydrogens is 324 g/mol. The summed E-state index contributed by atoms with van der Waals surface area (Å²) in [5, 5.41) is 20.5. The van der Waals surface area contributed by atoms with Crippen molar-refractivity contribution < 1.29 is 28.2 Å². The zero-order chi connectivity index (χ0) is 17.7. The fourth-order valence-electron chi connectivity index (χ4n) is 1.47. The first-order valence-electron chi connectivity index (χ1n) is 6.55. The van der Waals surface area contributed by atoms with E-state index in [1.807, 2.05) is 0 Å². The van der Waals surface area contributed by atoms with Crippen molar-refractivity contribution in [3.8, 4) is 0 Å². The average Bonchev–Trinajstić information content (AvgIpc) is 2.50. The number of carbonyl (C=O) groups excluding carboxylic acids is 1. The summed E-state index contributed by atoms with van der Waals surface area (Å²) >= 11 is 0. The largest absolute Gasteiger partial charge is 0.479 e. The van der Waals surface area contributed by atoms with Crippen LogP contribution in [0, 0.1) is 0 Å². The highest BCUT2D eigenvalue weighted by molar-refractivity contribution is 7.89. The van der Waals surface area contributed by atoms with Crippen molar-refractivity contribution >= 4 is 21.9 Å². The zero-order valence-electron chi connectivity index (χ0n) is 12.4. The second kappa shape index (κ2) is 7.36. The minimum atomic E-state index is -3.68. The van der Waals surface area contributed by atoms with Gasteiger partial charge in [0.1, 0.15) is 0 Å². The molecule has 1 atom stereocenters. The van der Waals surface area contributed by atoms with Crippen molar-refractivity contribution in [3.05, 3.63) is 42.5 Å². The van der Waals surface area contributed by atoms with Crippen LogP contribution in [0.1, 0.15) is 17.3 Å². The molecule has 0 heterocycles. The first kappa shape index (κ1) is 18.8. The maximum Gasteiger partial charge on any atom is 0.337 e. The molecule has 1 aromatic rings. The Labute approximate surface area is 133 Å². The lowest BCUT2D eigenvalue weighted by Crippen LogP contribution is -2.46. The molecule has 0 aliphatic heterocycles. The minimum Gasteiger partial charge on any atom is -0.479 e. The molecule has 1 rings (SSSR count). The summed E-state index contributed by atoms with van der Waals surface area (Å²) in [7, 11) is -3.68. The molecule has 1 aromatic carbocycles. The van der Waals surface area contributed by atoms with E-state index in [2.05, 4.69) is 16.6 Å². The van der Waals surface area contributed by atoms with Crippen molar-refractivity contribution in [1.82, 2.24) is 10.0 Å². The maximum atomic E-state index is 11.9. The van der Waals surface area contributed by atoms with E-state index >= 15 is 0 Å². The van der Waals surface area contributed by atoms with Gasteiger partial charge in [-0.2, -0.15) is 0 Å². The summed E-state index contributed by atoms with van der Waals surface area (Å²) in [5.41, 5.74) is -1.96. The van der Waals surface area contributed by atoms with E-state index in [-0.39, 0.29) is 17.0 Å². The number of carbonyl (C=O) groups is 2. The molecule has 1 unspecified atom stereocenters. The highest BCUT2D eigenvalue weighted by atomic mass is 32.2. The molecule has 0 saturated heterocycles. The fourth-order valence-corrected chi connectivity index (χ4v) is 2.47. The van der Waals surface area contributed by atoms with E-state index in [0.717, 1.165) is 6.92 Å². The number of carboxylic acid groups (broad SMARTS) is 1. The second-order valence-electron chi connectivity index (χ2n) is 4.93. The molecule has 0 aromatic heterocycles. The minimum absolute atomic E-state index is 0.0200. The third kappa shape index (κ3) is 5.16. The number of hydrogen-bond donors (Lipinski definition) is 4. The van der Waals surface area contributed by atoms with Gasteiger partial charge in [0, 0.05) is 12.1 Å². The highest BCUT2D eigenvalue weighted by Gasteiger charge is 2.30. The molecule has 0 radical (unpaired) electrons. The molecule has 0 fully saturated rings. The molecule has 0 aliphatic rings. The van der Waals surface area contributed by atoms with Crippen molar-refractivity contribution in [2.75, 3.05) is 13.1 Å². The van der Waals surface area contributed by atoms with Gasteiger partial charge in [0.15, 0.2) is 5.60 Å². The SMILES string of the molecule is C=CCNS(=O)(=O)c1ccc(C(=O)NCC(C)(O)C(=O)O)cc1. The van der Waals surface area contributed by atoms with E-state index in [0.29, 0.717) is 0 Å². The van der Waals surface area contributed by atoms with Crippen LogP contribution >= 0.6 is 0 Å². The van der Waals surface area contributed by atoms with Crippen LogP contribution in [0.2, 0.25) is 0 Å². The lowest BCUT2D eigenvalue weighted by atomic mass is 10.1. The average molecular weight is 342 g/mol. The summed E-state index contributed by atoms with van der Waals surface area (Å²) in [4.78, 5) is 22.6. The molecular formula is C14H18N2O6S. The number of nitrogens with one attached hydrogen (secondary N) is 2. The van der Waals surface area contributed by atoms with Gasteiger partial charge in [-0.05, 0) is 31.2 Å². The molecule has 0 saturated carbocycles. The van der Waals surface area contributed by atoms with Crippen LogP contribution in [0.15, 0.2) is 41.8 Å². The Morgan fingerprint density at radius 1 is 1.30 bits per heavy atom. The van der Waals surface area contributed by atoms with Crippen LogP contribution < -0.4 is 10.0 Å². The first-order chi connectivity index (χ1) is 10.6. The van der Waals surface area contributed by atoms with E-state index in [1.54, 1.807) is 0 Å². The van der Waals surface area contributed by atoms with Crippen molar-refractivity contribution in [2.45, 2.75) is 17.4 Å². The smallest absolute Gasteiger partial charge is 0.337 e. The standard InChI is InChI=1S/C14H18N2O6S/c1-3-8-16-23(21,22)11-6-4-10(5-7-11)12(17)15-9-14(2,20)13(18)19/h3-7,16,20H,1,8-9H2,2H3,(H,15,17)(H,18,19). The Morgan fingerprint density at radius 2 is 1.87 bits per heavy atom. The molecule has 0 bridgehead atoms. The first-order valence-corrected chi connectivity index (χ1v) is 8.03. The van der Waals surface area contributed by atoms with Crippen LogP contribution in [0.3, 0.4) is 0 Å². The normalized spacial score (nSPS) is 13.8. The highest BCUT2D eigenvalue weighted by Crippen LogP contribution is 2.11. The summed E-state index contributed by atoms with van der Waals surface area (Å²) in [6, 6.07) is 5.06. The fraction of sp³-hybridized carbons (Fsp3) is 0.286. The monoisotopic (exact) mass is 342 g/mol. The van der Waals surface area contributed by atoms with Crippen LogP contribution in [-0.4, -0.2) is 49.2 Å². The van der Waals surface area contributed by atoms with E-state index in [1.165, 1.54) is 30.3 Å². The van der Waals surface area contributed by atoms with Gasteiger partial charge in [-0.1, -0.05) is 6.08 Å². The van der Waals surface area contributed by atoms with Crippen LogP contribution in [0.4, 0.5) is 0 Å². The van der Waals surface area contributed by atoms with E-state index in [4.69, 9.17) is 5.11 Å². The Bertz CT molecular complexity index is 694. The number of rotatable bonds is 8. The molecule has 1 amide bonds. The number of hydrogen-bond acceptors (Lipinski definition) is 5. The molecule has 23 heavy (non-hydrogen) atoms. The Balaban J connectivity index is 2.79. The van der Waals surface area contributed by atoms with Gasteiger partial charge >= 0.3 is 5.97 Å². The predicted octanol–water partition coefficient (Wildman–Crippen LogP) is -0.284. The topological polar surface area (TPSA) is 133 Å². The number of benzene rings is 1. The molecule has 9 heteroatoms. The third-order valence-corrected chi connectivity index (χ3v) is 4.34. The molecule has 0 spiro atoms. The Hall–Kier alpha value is -2.23. The van der Waals surface area contributed by atoms with Gasteiger partial charge in [-0.15, -0.1) is 6.58 Å². The number of aliphatic carboxylic acids is 1. The molecule has 8 nitrogen and oxygen atoms in total. The quantitative estimate of drug-likeness (QED) is 0.480. The Kier molecular flexibility index (Phi) is 6.02. The van der Waals surface area contributed by atoms with Crippen molar-refractivity contribution in [1.29, 1.82) is 0 Å². The van der Waals surface area contributed by atoms with Crippen LogP contribution in [0.25, 0.3) is 0 Å². The lowest BCUT2D eigenvalue weighted by molar-refractivity contribution is -0.155. The zero-order valence-corrected chi connectivity index (χ0v) is 13.3. The number of aliphatic hydroxyl groups is 1. The van der Waals surface area contributed by atoms with Crippen LogP contribution in [-0.2, 0) is 14.8 Å². The third-order valence-electron chi connectivity index (χ3n) is 2.90. The van der Waals surface area contributed by atoms with Crippen LogP contribution in [0.5, 0.6) is 0 Å². The summed E-state index contributed by atoms with van der Waals surface area (Å²) in [5.74, 6) is -2.10. The van der Waals surface area contributed by atoms with Gasteiger partial charge in [0.25, 0.3) is 5.91 Å². The van der Waals surface area contributed by atoms with Crippen molar-refractivity contribution in [2.24, 2.45) is 0 Å². The molecule has 0 aliphatic carbocycles. The summed E-state index contributed by atoms with van der Waals surface area (Å²) in [6.07, 6.45) is 1.40. The number of carboxylic acids is 1. The number of sulfonamides is 1. The Morgan fingerprint density at radius 3 is 2.35 bits per heavy atom. The van der Waals surface area contributed by atoms with Gasteiger partial charge in [-0.25, -0.2) is 17.9 Å². The molecule has 4 N–H and O–H groups in total. The molecule has 126 valence electrons. The predicted molar refractivity (Wildman–Crippen MR) is 82.4 cm³/mol. The van der Waals surface area contributed by atoms with Gasteiger partial charge in [0.05, 0.1) is 11.4 Å².